The molecule has 28 heavy (non-hydrogen) atoms. The van der Waals surface area contributed by atoms with Crippen LogP contribution in [0.1, 0.15) is 47.2 Å². The van der Waals surface area contributed by atoms with E-state index in [1.807, 2.05) is 60.4 Å². The van der Waals surface area contributed by atoms with Crippen LogP contribution in [0.4, 0.5) is 0 Å². The molecule has 0 spiro atoms. The summed E-state index contributed by atoms with van der Waals surface area (Å²) in [7, 11) is 0. The number of piperidine rings is 1. The van der Waals surface area contributed by atoms with E-state index in [4.69, 9.17) is 4.74 Å². The molecule has 2 amide bonds. The van der Waals surface area contributed by atoms with Gasteiger partial charge in [0, 0.05) is 25.2 Å². The molecule has 1 saturated heterocycles. The van der Waals surface area contributed by atoms with E-state index in [0.29, 0.717) is 25.1 Å². The molecule has 0 aromatic heterocycles. The van der Waals surface area contributed by atoms with Gasteiger partial charge in [-0.15, -0.1) is 0 Å². The van der Waals surface area contributed by atoms with Gasteiger partial charge < -0.3 is 15.0 Å². The van der Waals surface area contributed by atoms with Crippen molar-refractivity contribution in [1.82, 2.24) is 10.2 Å². The van der Waals surface area contributed by atoms with Gasteiger partial charge in [0.05, 0.1) is 13.0 Å². The summed E-state index contributed by atoms with van der Waals surface area (Å²) in [6.07, 6.45) is 3.69. The van der Waals surface area contributed by atoms with E-state index in [9.17, 15) is 9.59 Å². The van der Waals surface area contributed by atoms with Gasteiger partial charge in [0.2, 0.25) is 5.91 Å². The molecule has 5 nitrogen and oxygen atoms in total. The first-order valence-electron chi connectivity index (χ1n) is 9.96. The van der Waals surface area contributed by atoms with Gasteiger partial charge in [-0.2, -0.15) is 0 Å². The number of amides is 2. The lowest BCUT2D eigenvalue weighted by Gasteiger charge is -2.26. The number of aryl methyl sites for hydroxylation is 1. The van der Waals surface area contributed by atoms with E-state index in [-0.39, 0.29) is 11.8 Å². The third-order valence-corrected chi connectivity index (χ3v) is 4.92. The highest BCUT2D eigenvalue weighted by Gasteiger charge is 2.17. The molecule has 2 aromatic rings. The van der Waals surface area contributed by atoms with Gasteiger partial charge in [0.15, 0.2) is 0 Å². The fourth-order valence-corrected chi connectivity index (χ4v) is 3.30. The Morgan fingerprint density at radius 2 is 1.79 bits per heavy atom. The van der Waals surface area contributed by atoms with Crippen LogP contribution in [0.15, 0.2) is 48.5 Å². The second-order valence-electron chi connectivity index (χ2n) is 7.24. The lowest BCUT2D eigenvalue weighted by atomic mass is 10.1. The predicted octanol–water partition coefficient (Wildman–Crippen LogP) is 3.71. The summed E-state index contributed by atoms with van der Waals surface area (Å²) in [6.45, 7) is 4.49. The fraction of sp³-hybridized carbons (Fsp3) is 0.391. The molecular formula is C23H28N2O3. The summed E-state index contributed by atoms with van der Waals surface area (Å²) in [5.74, 6) is 0.825. The normalized spacial score (nSPS) is 13.8. The molecule has 0 atom stereocenters. The Labute approximate surface area is 166 Å². The molecule has 2 aromatic carbocycles. The smallest absolute Gasteiger partial charge is 0.253 e. The molecule has 1 N–H and O–H groups in total. The number of likely N-dealkylation sites (tertiary alicyclic amines) is 1. The zero-order valence-electron chi connectivity index (χ0n) is 16.4. The van der Waals surface area contributed by atoms with Crippen molar-refractivity contribution in [3.05, 3.63) is 65.2 Å². The molecule has 0 radical (unpaired) electrons. The zero-order chi connectivity index (χ0) is 19.8. The number of hydrogen-bond acceptors (Lipinski definition) is 3. The van der Waals surface area contributed by atoms with Crippen molar-refractivity contribution < 1.29 is 14.3 Å². The topological polar surface area (TPSA) is 58.6 Å². The summed E-state index contributed by atoms with van der Waals surface area (Å²) >= 11 is 0. The molecule has 0 saturated carbocycles. The average Bonchev–Trinajstić information content (AvgIpc) is 2.73. The summed E-state index contributed by atoms with van der Waals surface area (Å²) in [4.78, 5) is 26.4. The number of nitrogens with one attached hydrogen (secondary N) is 1. The van der Waals surface area contributed by atoms with Crippen LogP contribution in [0, 0.1) is 6.92 Å². The number of carbonyl (C=O) groups excluding carboxylic acids is 2. The maximum atomic E-state index is 12.5. The number of benzene rings is 2. The van der Waals surface area contributed by atoms with Gasteiger partial charge in [0.25, 0.3) is 5.91 Å². The molecule has 148 valence electrons. The quantitative estimate of drug-likeness (QED) is 0.797. The van der Waals surface area contributed by atoms with Crippen LogP contribution < -0.4 is 10.1 Å². The van der Waals surface area contributed by atoms with Crippen molar-refractivity contribution in [1.29, 1.82) is 0 Å². The Morgan fingerprint density at radius 1 is 1.04 bits per heavy atom. The number of hydrogen-bond donors (Lipinski definition) is 1. The average molecular weight is 380 g/mol. The van der Waals surface area contributed by atoms with Crippen molar-refractivity contribution in [2.45, 2.75) is 39.2 Å². The minimum absolute atomic E-state index is 0.0545. The molecule has 1 aliphatic heterocycles. The molecule has 0 unspecified atom stereocenters. The van der Waals surface area contributed by atoms with Gasteiger partial charge >= 0.3 is 0 Å². The Balaban J connectivity index is 1.40. The van der Waals surface area contributed by atoms with Crippen LogP contribution in [0.5, 0.6) is 5.75 Å². The summed E-state index contributed by atoms with van der Waals surface area (Å²) in [6, 6.07) is 15.3. The van der Waals surface area contributed by atoms with Gasteiger partial charge in [-0.25, -0.2) is 0 Å². The summed E-state index contributed by atoms with van der Waals surface area (Å²) < 4.78 is 5.61. The number of ether oxygens (including phenoxy) is 1. The van der Waals surface area contributed by atoms with Crippen LogP contribution in [0.3, 0.4) is 0 Å². The molecule has 5 heteroatoms. The number of rotatable bonds is 7. The molecule has 1 fully saturated rings. The van der Waals surface area contributed by atoms with Crippen LogP contribution in [0.2, 0.25) is 0 Å². The number of nitrogens with zero attached hydrogens (tertiary/aromatic N) is 1. The lowest BCUT2D eigenvalue weighted by molar-refractivity contribution is -0.121. The van der Waals surface area contributed by atoms with E-state index in [2.05, 4.69) is 5.32 Å². The van der Waals surface area contributed by atoms with Crippen molar-refractivity contribution in [2.75, 3.05) is 19.7 Å². The summed E-state index contributed by atoms with van der Waals surface area (Å²) in [5.41, 5.74) is 2.82. The first-order valence-corrected chi connectivity index (χ1v) is 9.96. The highest BCUT2D eigenvalue weighted by Crippen LogP contribution is 2.14. The van der Waals surface area contributed by atoms with E-state index in [1.54, 1.807) is 0 Å². The van der Waals surface area contributed by atoms with Crippen molar-refractivity contribution >= 4 is 11.8 Å². The van der Waals surface area contributed by atoms with Gasteiger partial charge in [0.1, 0.15) is 5.75 Å². The van der Waals surface area contributed by atoms with Crippen LogP contribution in [0.25, 0.3) is 0 Å². The highest BCUT2D eigenvalue weighted by atomic mass is 16.5. The van der Waals surface area contributed by atoms with Gasteiger partial charge in [-0.1, -0.05) is 24.3 Å². The maximum Gasteiger partial charge on any atom is 0.253 e. The molecule has 0 aliphatic carbocycles. The lowest BCUT2D eigenvalue weighted by Crippen LogP contribution is -2.35. The van der Waals surface area contributed by atoms with Crippen molar-refractivity contribution in [3.8, 4) is 5.75 Å². The second-order valence-corrected chi connectivity index (χ2v) is 7.24. The third-order valence-electron chi connectivity index (χ3n) is 4.92. The Morgan fingerprint density at radius 3 is 2.50 bits per heavy atom. The van der Waals surface area contributed by atoms with Gasteiger partial charge in [-0.3, -0.25) is 9.59 Å². The van der Waals surface area contributed by atoms with Crippen LogP contribution in [-0.4, -0.2) is 36.4 Å². The van der Waals surface area contributed by atoms with Gasteiger partial charge in [-0.05, 0) is 61.6 Å². The highest BCUT2D eigenvalue weighted by molar-refractivity contribution is 5.94. The van der Waals surface area contributed by atoms with E-state index >= 15 is 0 Å². The third kappa shape index (κ3) is 5.84. The first-order chi connectivity index (χ1) is 13.6. The van der Waals surface area contributed by atoms with E-state index in [1.165, 1.54) is 6.42 Å². The number of carbonyl (C=O) groups is 2. The van der Waals surface area contributed by atoms with Crippen molar-refractivity contribution in [2.24, 2.45) is 0 Å². The van der Waals surface area contributed by atoms with E-state index in [0.717, 1.165) is 42.8 Å². The molecule has 0 bridgehead atoms. The first kappa shape index (κ1) is 19.9. The minimum Gasteiger partial charge on any atom is -0.493 e. The fourth-order valence-electron chi connectivity index (χ4n) is 3.30. The Kier molecular flexibility index (Phi) is 7.06. The van der Waals surface area contributed by atoms with Crippen LogP contribution >= 0.6 is 0 Å². The molecule has 1 heterocycles. The second kappa shape index (κ2) is 9.93. The standard InChI is InChI=1S/C23H28N2O3/c1-18-6-5-7-21(16-18)28-15-12-22(26)24-17-19-8-10-20(11-9-19)23(27)25-13-3-2-4-14-25/h5-11,16H,2-4,12-15,17H2,1H3,(H,24,26). The molecular weight excluding hydrogens is 352 g/mol. The molecule has 1 aliphatic rings. The minimum atomic E-state index is -0.0545. The predicted molar refractivity (Wildman–Crippen MR) is 109 cm³/mol. The Bertz CT molecular complexity index is 796. The van der Waals surface area contributed by atoms with E-state index < -0.39 is 0 Å². The monoisotopic (exact) mass is 380 g/mol. The zero-order valence-corrected chi connectivity index (χ0v) is 16.4. The Hall–Kier alpha value is -2.82. The maximum absolute atomic E-state index is 12.5. The summed E-state index contributed by atoms with van der Waals surface area (Å²) in [5, 5.41) is 2.89. The SMILES string of the molecule is Cc1cccc(OCCC(=O)NCc2ccc(C(=O)N3CCCCC3)cc2)c1. The largest absolute Gasteiger partial charge is 0.493 e. The molecule has 3 rings (SSSR count). The van der Waals surface area contributed by atoms with Crippen LogP contribution in [-0.2, 0) is 11.3 Å². The van der Waals surface area contributed by atoms with Crippen molar-refractivity contribution in [3.63, 3.8) is 0 Å².